The molecule has 2 aliphatic rings. The van der Waals surface area contributed by atoms with Crippen LogP contribution in [-0.4, -0.2) is 47.7 Å². The van der Waals surface area contributed by atoms with Gasteiger partial charge in [0.2, 0.25) is 0 Å². The number of hydrogen-bond donors (Lipinski definition) is 0. The summed E-state index contributed by atoms with van der Waals surface area (Å²) >= 11 is 0. The molecule has 0 atom stereocenters. The first-order valence-electron chi connectivity index (χ1n) is 15.1. The van der Waals surface area contributed by atoms with Crippen molar-refractivity contribution >= 4 is 22.5 Å². The molecule has 216 valence electrons. The summed E-state index contributed by atoms with van der Waals surface area (Å²) < 4.78 is 27.7. The maximum absolute atomic E-state index is 14.3. The molecule has 6 rings (SSSR count). The first-order valence-corrected chi connectivity index (χ1v) is 15.1. The van der Waals surface area contributed by atoms with Gasteiger partial charge in [0.25, 0.3) is 5.91 Å². The van der Waals surface area contributed by atoms with Crippen molar-refractivity contribution in [1.29, 1.82) is 0 Å². The summed E-state index contributed by atoms with van der Waals surface area (Å²) in [6.45, 7) is 5.61. The van der Waals surface area contributed by atoms with Crippen LogP contribution in [0, 0.1) is 11.6 Å². The zero-order valence-corrected chi connectivity index (χ0v) is 24.1. The van der Waals surface area contributed by atoms with Gasteiger partial charge in [-0.2, -0.15) is 0 Å². The van der Waals surface area contributed by atoms with Crippen LogP contribution in [0.5, 0.6) is 0 Å². The fraction of sp³-hybridized carbons (Fsp3) is 0.333. The van der Waals surface area contributed by atoms with Crippen molar-refractivity contribution in [2.24, 2.45) is 4.99 Å². The normalized spacial score (nSPS) is 17.6. The van der Waals surface area contributed by atoms with Gasteiger partial charge in [-0.05, 0) is 103 Å². The van der Waals surface area contributed by atoms with Crippen LogP contribution in [0.3, 0.4) is 0 Å². The Balaban J connectivity index is 1.15. The van der Waals surface area contributed by atoms with E-state index >= 15 is 0 Å². The molecule has 1 amide bonds. The lowest BCUT2D eigenvalue weighted by molar-refractivity contribution is -0.130. The lowest BCUT2D eigenvalue weighted by Gasteiger charge is -2.33. The second-order valence-electron chi connectivity index (χ2n) is 11.5. The van der Waals surface area contributed by atoms with E-state index in [0.29, 0.717) is 30.0 Å². The largest absolute Gasteiger partial charge is 0.303 e. The Morgan fingerprint density at radius 3 is 2.07 bits per heavy atom. The van der Waals surface area contributed by atoms with E-state index in [1.54, 1.807) is 24.3 Å². The summed E-state index contributed by atoms with van der Waals surface area (Å²) in [4.78, 5) is 23.6. The van der Waals surface area contributed by atoms with Gasteiger partial charge in [0, 0.05) is 13.0 Å². The third-order valence-electron chi connectivity index (χ3n) is 8.87. The zero-order valence-electron chi connectivity index (χ0n) is 24.1. The Hall–Kier alpha value is -3.90. The summed E-state index contributed by atoms with van der Waals surface area (Å²) in [6.07, 6.45) is 4.57. The number of carbonyl (C=O) groups excluding carboxylic acids is 1. The summed E-state index contributed by atoms with van der Waals surface area (Å²) in [6, 6.07) is 27.2. The van der Waals surface area contributed by atoms with Crippen molar-refractivity contribution in [3.05, 3.63) is 119 Å². The van der Waals surface area contributed by atoms with Crippen LogP contribution in [0.25, 0.3) is 10.8 Å². The molecule has 4 nitrogen and oxygen atoms in total. The lowest BCUT2D eigenvalue weighted by Crippen LogP contribution is -2.43. The number of rotatable bonds is 9. The van der Waals surface area contributed by atoms with Crippen LogP contribution in [0.4, 0.5) is 8.78 Å². The fourth-order valence-corrected chi connectivity index (χ4v) is 6.71. The van der Waals surface area contributed by atoms with E-state index in [9.17, 15) is 13.6 Å². The van der Waals surface area contributed by atoms with Gasteiger partial charge in [0.1, 0.15) is 17.5 Å². The molecule has 1 saturated heterocycles. The topological polar surface area (TPSA) is 35.9 Å². The number of nitrogens with zero attached hydrogens (tertiary/aromatic N) is 3. The number of benzene rings is 4. The van der Waals surface area contributed by atoms with Crippen LogP contribution in [0.2, 0.25) is 0 Å². The monoisotopic (exact) mass is 565 g/mol. The molecular weight excluding hydrogens is 528 g/mol. The maximum atomic E-state index is 14.3. The summed E-state index contributed by atoms with van der Waals surface area (Å²) in [5.74, 6) is 0.391. The molecule has 0 aromatic heterocycles. The van der Waals surface area contributed by atoms with Crippen LogP contribution < -0.4 is 0 Å². The lowest BCUT2D eigenvalue weighted by atomic mass is 9.82. The fourth-order valence-electron chi connectivity index (χ4n) is 6.71. The van der Waals surface area contributed by atoms with E-state index in [0.717, 1.165) is 51.2 Å². The van der Waals surface area contributed by atoms with Gasteiger partial charge in [-0.25, -0.2) is 13.8 Å². The quantitative estimate of drug-likeness (QED) is 0.209. The maximum Gasteiger partial charge on any atom is 0.265 e. The van der Waals surface area contributed by atoms with Crippen LogP contribution in [-0.2, 0) is 10.3 Å². The van der Waals surface area contributed by atoms with E-state index < -0.39 is 5.54 Å². The Labute approximate surface area is 246 Å². The highest BCUT2D eigenvalue weighted by molar-refractivity contribution is 6.10. The molecule has 0 radical (unpaired) electrons. The molecule has 0 unspecified atom stereocenters. The smallest absolute Gasteiger partial charge is 0.265 e. The minimum absolute atomic E-state index is 0.154. The number of likely N-dealkylation sites (tertiary alicyclic amines) is 1. The minimum atomic E-state index is -1.34. The number of amides is 1. The number of amidine groups is 1. The molecular formula is C36H37F2N3O. The molecule has 1 fully saturated rings. The van der Waals surface area contributed by atoms with E-state index in [2.05, 4.69) is 54.3 Å². The van der Waals surface area contributed by atoms with Gasteiger partial charge < -0.3 is 4.90 Å². The Morgan fingerprint density at radius 2 is 1.43 bits per heavy atom. The molecule has 2 aliphatic heterocycles. The van der Waals surface area contributed by atoms with Gasteiger partial charge in [-0.1, -0.05) is 73.7 Å². The van der Waals surface area contributed by atoms with Gasteiger partial charge in [-0.15, -0.1) is 0 Å². The molecule has 4 aromatic carbocycles. The minimum Gasteiger partial charge on any atom is -0.303 e. The number of piperidine rings is 1. The van der Waals surface area contributed by atoms with Crippen LogP contribution >= 0.6 is 0 Å². The zero-order chi connectivity index (χ0) is 29.1. The van der Waals surface area contributed by atoms with Gasteiger partial charge in [0.05, 0.1) is 0 Å². The van der Waals surface area contributed by atoms with Crippen LogP contribution in [0.1, 0.15) is 61.6 Å². The summed E-state index contributed by atoms with van der Waals surface area (Å²) in [5, 5.41) is 2.66. The van der Waals surface area contributed by atoms with Crippen molar-refractivity contribution in [2.45, 2.75) is 50.5 Å². The molecule has 4 aromatic rings. The molecule has 6 heteroatoms. The number of fused-ring (bicyclic) bond motifs is 1. The average Bonchev–Trinajstić information content (AvgIpc) is 3.29. The van der Waals surface area contributed by atoms with Crippen molar-refractivity contribution in [1.82, 2.24) is 9.80 Å². The van der Waals surface area contributed by atoms with Gasteiger partial charge in [0.15, 0.2) is 5.54 Å². The van der Waals surface area contributed by atoms with Crippen molar-refractivity contribution in [2.75, 3.05) is 26.2 Å². The van der Waals surface area contributed by atoms with E-state index in [-0.39, 0.29) is 17.5 Å². The van der Waals surface area contributed by atoms with Crippen molar-refractivity contribution in [3.63, 3.8) is 0 Å². The third-order valence-corrected chi connectivity index (χ3v) is 8.87. The first-order chi connectivity index (χ1) is 20.5. The second-order valence-corrected chi connectivity index (χ2v) is 11.5. The number of hydrogen-bond acceptors (Lipinski definition) is 3. The number of carbonyl (C=O) groups is 1. The standard InChI is InChI=1S/C36H37F2N3O/c1-2-7-34-39-36(28-12-16-30(37)17-13-28,29-14-18-31(38)19-15-29)35(42)41(34)23-6-22-40-24-20-27(21-25-40)33-11-5-9-26-8-3-4-10-32(26)33/h3-5,8-19,27H,2,6-7,20-25H2,1H3. The number of aliphatic imine (C=N–C) groups is 1. The third kappa shape index (κ3) is 5.36. The molecule has 2 heterocycles. The molecule has 0 bridgehead atoms. The molecule has 0 spiro atoms. The Bertz CT molecular complexity index is 1520. The Morgan fingerprint density at radius 1 is 0.810 bits per heavy atom. The van der Waals surface area contributed by atoms with E-state index in [1.807, 2.05) is 4.90 Å². The Kier molecular flexibility index (Phi) is 8.16. The van der Waals surface area contributed by atoms with Gasteiger partial charge in [-0.3, -0.25) is 9.69 Å². The van der Waals surface area contributed by atoms with Crippen molar-refractivity contribution in [3.8, 4) is 0 Å². The summed E-state index contributed by atoms with van der Waals surface area (Å²) in [5.41, 5.74) is 1.29. The SMILES string of the molecule is CCCC1=NC(c2ccc(F)cc2)(c2ccc(F)cc2)C(=O)N1CCCN1CCC(c2cccc3ccccc23)CC1. The second kappa shape index (κ2) is 12.1. The first kappa shape index (κ1) is 28.2. The highest BCUT2D eigenvalue weighted by Crippen LogP contribution is 2.41. The highest BCUT2D eigenvalue weighted by atomic mass is 19.1. The molecule has 42 heavy (non-hydrogen) atoms. The average molecular weight is 566 g/mol. The summed E-state index contributed by atoms with van der Waals surface area (Å²) in [7, 11) is 0. The number of halogens is 2. The molecule has 0 aliphatic carbocycles. The highest BCUT2D eigenvalue weighted by Gasteiger charge is 2.50. The van der Waals surface area contributed by atoms with Gasteiger partial charge >= 0.3 is 0 Å². The predicted octanol–water partition coefficient (Wildman–Crippen LogP) is 7.67. The van der Waals surface area contributed by atoms with Crippen LogP contribution in [0.15, 0.2) is 96.0 Å². The van der Waals surface area contributed by atoms with E-state index in [4.69, 9.17) is 4.99 Å². The van der Waals surface area contributed by atoms with E-state index in [1.165, 1.54) is 40.6 Å². The molecule has 0 N–H and O–H groups in total. The molecule has 0 saturated carbocycles. The predicted molar refractivity (Wildman–Crippen MR) is 165 cm³/mol. The van der Waals surface area contributed by atoms with Crippen molar-refractivity contribution < 1.29 is 13.6 Å².